The number of sulfonamides is 1. The van der Waals surface area contributed by atoms with Crippen molar-refractivity contribution in [3.05, 3.63) is 0 Å². The number of piperidine rings is 1. The number of nitrogens with one attached hydrogen (secondary N) is 2. The highest BCUT2D eigenvalue weighted by molar-refractivity contribution is 7.88. The quantitative estimate of drug-likeness (QED) is 0.789. The zero-order chi connectivity index (χ0) is 16.9. The Labute approximate surface area is 143 Å². The molecule has 0 aromatic heterocycles. The van der Waals surface area contributed by atoms with Gasteiger partial charge in [0.1, 0.15) is 5.72 Å². The highest BCUT2D eigenvalue weighted by Crippen LogP contribution is 2.51. The second kappa shape index (κ2) is 5.85. The van der Waals surface area contributed by atoms with E-state index in [1.807, 2.05) is 0 Å². The molecule has 136 valence electrons. The summed E-state index contributed by atoms with van der Waals surface area (Å²) in [5.41, 5.74) is -0.466. The van der Waals surface area contributed by atoms with Gasteiger partial charge in [0.25, 0.3) is 0 Å². The second-order valence-corrected chi connectivity index (χ2v) is 10.1. The van der Waals surface area contributed by atoms with Crippen LogP contribution in [0, 0.1) is 11.8 Å². The van der Waals surface area contributed by atoms with Crippen molar-refractivity contribution >= 4 is 16.1 Å². The van der Waals surface area contributed by atoms with Crippen molar-refractivity contribution in [3.63, 3.8) is 0 Å². The monoisotopic (exact) mass is 357 g/mol. The summed E-state index contributed by atoms with van der Waals surface area (Å²) in [7, 11) is -3.13. The standard InChI is InChI=1S/C16H27N3O4S/c1-24(21,22)19-4-2-13(3-5-19)17-15(20)18-16-9-11-6-12(10-16)8-14(7-11)23-16/h11-14H,2-10H2,1H3,(H2,17,18,20). The molecule has 4 bridgehead atoms. The van der Waals surface area contributed by atoms with Gasteiger partial charge >= 0.3 is 6.03 Å². The Hall–Kier alpha value is -0.860. The van der Waals surface area contributed by atoms with Crippen LogP contribution in [0.5, 0.6) is 0 Å². The van der Waals surface area contributed by atoms with Crippen LogP contribution in [0.25, 0.3) is 0 Å². The Morgan fingerprint density at radius 1 is 1.12 bits per heavy atom. The van der Waals surface area contributed by atoms with Gasteiger partial charge in [-0.1, -0.05) is 0 Å². The van der Waals surface area contributed by atoms with Gasteiger partial charge in [0, 0.05) is 19.1 Å². The molecular weight excluding hydrogens is 330 g/mol. The summed E-state index contributed by atoms with van der Waals surface area (Å²) in [5.74, 6) is 1.38. The van der Waals surface area contributed by atoms with E-state index in [2.05, 4.69) is 10.6 Å². The van der Waals surface area contributed by atoms with E-state index in [1.54, 1.807) is 0 Å². The van der Waals surface area contributed by atoms with E-state index in [1.165, 1.54) is 17.0 Å². The molecule has 0 radical (unpaired) electrons. The Kier molecular flexibility index (Phi) is 4.04. The maximum atomic E-state index is 12.4. The minimum atomic E-state index is -3.13. The summed E-state index contributed by atoms with van der Waals surface area (Å²) in [6.07, 6.45) is 8.29. The molecule has 2 aliphatic carbocycles. The number of rotatable bonds is 3. The molecule has 3 saturated heterocycles. The zero-order valence-corrected chi connectivity index (χ0v) is 15.0. The van der Waals surface area contributed by atoms with Crippen molar-refractivity contribution < 1.29 is 17.9 Å². The maximum Gasteiger partial charge on any atom is 0.317 e. The molecule has 0 aromatic carbocycles. The van der Waals surface area contributed by atoms with E-state index in [0.717, 1.165) is 25.7 Å². The van der Waals surface area contributed by atoms with E-state index >= 15 is 0 Å². The van der Waals surface area contributed by atoms with Gasteiger partial charge in [-0.2, -0.15) is 0 Å². The van der Waals surface area contributed by atoms with Crippen LogP contribution < -0.4 is 10.6 Å². The highest BCUT2D eigenvalue weighted by atomic mass is 32.2. The first-order chi connectivity index (χ1) is 11.3. The van der Waals surface area contributed by atoms with Crippen LogP contribution >= 0.6 is 0 Å². The van der Waals surface area contributed by atoms with Gasteiger partial charge in [0.15, 0.2) is 0 Å². The Bertz CT molecular complexity index is 578. The molecule has 2 saturated carbocycles. The van der Waals surface area contributed by atoms with E-state index in [4.69, 9.17) is 4.74 Å². The molecule has 5 aliphatic rings. The molecule has 8 heteroatoms. The Morgan fingerprint density at radius 3 is 2.29 bits per heavy atom. The fourth-order valence-electron chi connectivity index (χ4n) is 5.26. The molecule has 2 N–H and O–H groups in total. The number of carbonyl (C=O) groups is 1. The highest BCUT2D eigenvalue weighted by Gasteiger charge is 2.52. The number of amides is 2. The van der Waals surface area contributed by atoms with Gasteiger partial charge in [-0.25, -0.2) is 17.5 Å². The van der Waals surface area contributed by atoms with Crippen molar-refractivity contribution in [2.75, 3.05) is 19.3 Å². The van der Waals surface area contributed by atoms with Crippen molar-refractivity contribution in [1.29, 1.82) is 0 Å². The predicted molar refractivity (Wildman–Crippen MR) is 88.8 cm³/mol. The molecule has 3 heterocycles. The van der Waals surface area contributed by atoms with Crippen molar-refractivity contribution in [2.45, 2.75) is 62.8 Å². The molecule has 3 aliphatic heterocycles. The molecular formula is C16H27N3O4S. The molecule has 7 nitrogen and oxygen atoms in total. The molecule has 2 atom stereocenters. The summed E-state index contributed by atoms with van der Waals surface area (Å²) >= 11 is 0. The molecule has 5 rings (SSSR count). The van der Waals surface area contributed by atoms with Crippen LogP contribution in [0.15, 0.2) is 0 Å². The van der Waals surface area contributed by atoms with Gasteiger partial charge in [0.05, 0.1) is 12.4 Å². The molecule has 5 fully saturated rings. The lowest BCUT2D eigenvalue weighted by atomic mass is 9.65. The lowest BCUT2D eigenvalue weighted by Crippen LogP contribution is -2.65. The lowest BCUT2D eigenvalue weighted by Gasteiger charge is -2.56. The minimum absolute atomic E-state index is 0.0249. The van der Waals surface area contributed by atoms with E-state index in [9.17, 15) is 13.2 Å². The lowest BCUT2D eigenvalue weighted by molar-refractivity contribution is -0.228. The zero-order valence-electron chi connectivity index (χ0n) is 14.2. The minimum Gasteiger partial charge on any atom is -0.352 e. The van der Waals surface area contributed by atoms with Gasteiger partial charge in [-0.05, 0) is 56.8 Å². The number of carbonyl (C=O) groups excluding carboxylic acids is 1. The number of hydrogen-bond donors (Lipinski definition) is 2. The van der Waals surface area contributed by atoms with Gasteiger partial charge < -0.3 is 15.4 Å². The maximum absolute atomic E-state index is 12.4. The molecule has 2 amide bonds. The van der Waals surface area contributed by atoms with Crippen LogP contribution in [0.3, 0.4) is 0 Å². The van der Waals surface area contributed by atoms with Crippen LogP contribution in [0.4, 0.5) is 4.79 Å². The van der Waals surface area contributed by atoms with Gasteiger partial charge in [0.2, 0.25) is 10.0 Å². The Balaban J connectivity index is 1.30. The smallest absolute Gasteiger partial charge is 0.317 e. The largest absolute Gasteiger partial charge is 0.352 e. The van der Waals surface area contributed by atoms with Crippen LogP contribution in [-0.2, 0) is 14.8 Å². The topological polar surface area (TPSA) is 87.7 Å². The van der Waals surface area contributed by atoms with E-state index in [-0.39, 0.29) is 12.1 Å². The van der Waals surface area contributed by atoms with Gasteiger partial charge in [-0.3, -0.25) is 0 Å². The fourth-order valence-corrected chi connectivity index (χ4v) is 6.13. The summed E-state index contributed by atoms with van der Waals surface area (Å²) in [4.78, 5) is 12.4. The second-order valence-electron chi connectivity index (χ2n) is 8.12. The van der Waals surface area contributed by atoms with Crippen LogP contribution in [0.2, 0.25) is 0 Å². The third-order valence-electron chi connectivity index (χ3n) is 6.09. The number of nitrogens with zero attached hydrogens (tertiary/aromatic N) is 1. The number of ether oxygens (including phenoxy) is 1. The van der Waals surface area contributed by atoms with Crippen LogP contribution in [-0.4, -0.2) is 56.0 Å². The molecule has 2 unspecified atom stereocenters. The third-order valence-corrected chi connectivity index (χ3v) is 7.39. The van der Waals surface area contributed by atoms with Gasteiger partial charge in [-0.15, -0.1) is 0 Å². The molecule has 0 aromatic rings. The van der Waals surface area contributed by atoms with Crippen molar-refractivity contribution in [3.8, 4) is 0 Å². The van der Waals surface area contributed by atoms with E-state index < -0.39 is 15.7 Å². The summed E-state index contributed by atoms with van der Waals surface area (Å²) < 4.78 is 30.7. The Morgan fingerprint density at radius 2 is 1.75 bits per heavy atom. The first-order valence-electron chi connectivity index (χ1n) is 9.03. The summed E-state index contributed by atoms with van der Waals surface area (Å²) in [6, 6.07) is -0.147. The van der Waals surface area contributed by atoms with Crippen molar-refractivity contribution in [2.24, 2.45) is 11.8 Å². The average Bonchev–Trinajstić information content (AvgIpc) is 2.44. The molecule has 24 heavy (non-hydrogen) atoms. The first-order valence-corrected chi connectivity index (χ1v) is 10.9. The van der Waals surface area contributed by atoms with E-state index in [0.29, 0.717) is 43.9 Å². The third kappa shape index (κ3) is 3.28. The molecule has 0 spiro atoms. The fraction of sp³-hybridized carbons (Fsp3) is 0.938. The SMILES string of the molecule is CS(=O)(=O)N1CCC(NC(=O)NC23CC4CC(CC(C4)O2)C3)CC1. The predicted octanol–water partition coefficient (Wildman–Crippen LogP) is 1.01. The first kappa shape index (κ1) is 16.6. The average molecular weight is 357 g/mol. The summed E-state index contributed by atoms with van der Waals surface area (Å²) in [5, 5.41) is 6.12. The van der Waals surface area contributed by atoms with Crippen molar-refractivity contribution in [1.82, 2.24) is 14.9 Å². The number of hydrogen-bond acceptors (Lipinski definition) is 4. The normalized spacial score (nSPS) is 39.8. The number of urea groups is 1. The summed E-state index contributed by atoms with van der Waals surface area (Å²) in [6.45, 7) is 0.940. The van der Waals surface area contributed by atoms with Crippen LogP contribution in [0.1, 0.15) is 44.9 Å².